The molecule has 0 aromatic heterocycles. The van der Waals surface area contributed by atoms with Gasteiger partial charge in [-0.05, 0) is 55.5 Å². The SMILES string of the molecule is CCOc1ccc(C(=O)C[C@@H](Sc2ccc(Br)cc2)C(=O)O)cc1. The van der Waals surface area contributed by atoms with Crippen molar-refractivity contribution in [3.05, 3.63) is 58.6 Å². The molecule has 126 valence electrons. The number of carbonyl (C=O) groups is 2. The number of ether oxygens (including phenoxy) is 1. The highest BCUT2D eigenvalue weighted by Crippen LogP contribution is 2.28. The second-order valence-corrected chi connectivity index (χ2v) is 7.18. The highest BCUT2D eigenvalue weighted by Gasteiger charge is 2.23. The number of benzene rings is 2. The molecule has 4 nitrogen and oxygen atoms in total. The smallest absolute Gasteiger partial charge is 0.317 e. The van der Waals surface area contributed by atoms with Crippen LogP contribution in [0.2, 0.25) is 0 Å². The zero-order valence-corrected chi connectivity index (χ0v) is 15.5. The molecule has 2 aromatic carbocycles. The second kappa shape index (κ2) is 8.89. The minimum atomic E-state index is -0.998. The van der Waals surface area contributed by atoms with E-state index in [1.165, 1.54) is 11.8 Å². The molecular weight excluding hydrogens is 392 g/mol. The van der Waals surface area contributed by atoms with E-state index >= 15 is 0 Å². The van der Waals surface area contributed by atoms with Gasteiger partial charge >= 0.3 is 5.97 Å². The van der Waals surface area contributed by atoms with Crippen molar-refractivity contribution in [2.45, 2.75) is 23.5 Å². The largest absolute Gasteiger partial charge is 0.494 e. The number of hydrogen-bond donors (Lipinski definition) is 1. The number of Topliss-reactive ketones (excluding diaryl/α,β-unsaturated/α-hetero) is 1. The third-order valence-corrected chi connectivity index (χ3v) is 4.95. The summed E-state index contributed by atoms with van der Waals surface area (Å²) in [6.07, 6.45) is -0.0654. The lowest BCUT2D eigenvalue weighted by molar-refractivity contribution is -0.136. The van der Waals surface area contributed by atoms with Crippen LogP contribution in [0.1, 0.15) is 23.7 Å². The molecule has 0 bridgehead atoms. The molecule has 0 amide bonds. The van der Waals surface area contributed by atoms with Crippen LogP contribution in [-0.2, 0) is 4.79 Å². The summed E-state index contributed by atoms with van der Waals surface area (Å²) < 4.78 is 6.26. The topological polar surface area (TPSA) is 63.6 Å². The first-order chi connectivity index (χ1) is 11.5. The Kier molecular flexibility index (Phi) is 6.87. The quantitative estimate of drug-likeness (QED) is 0.507. The molecular formula is C18H17BrO4S. The molecule has 0 heterocycles. The van der Waals surface area contributed by atoms with Crippen LogP contribution in [0.3, 0.4) is 0 Å². The Morgan fingerprint density at radius 1 is 1.12 bits per heavy atom. The van der Waals surface area contributed by atoms with E-state index in [1.54, 1.807) is 24.3 Å². The lowest BCUT2D eigenvalue weighted by atomic mass is 10.1. The van der Waals surface area contributed by atoms with Gasteiger partial charge in [0.05, 0.1) is 6.61 Å². The molecule has 0 radical (unpaired) electrons. The fraction of sp³-hybridized carbons (Fsp3) is 0.222. The first kappa shape index (κ1) is 18.5. The number of halogens is 1. The van der Waals surface area contributed by atoms with Gasteiger partial charge < -0.3 is 9.84 Å². The summed E-state index contributed by atoms with van der Waals surface area (Å²) in [6, 6.07) is 14.1. The van der Waals surface area contributed by atoms with Gasteiger partial charge in [-0.15, -0.1) is 11.8 Å². The molecule has 0 spiro atoms. The fourth-order valence-corrected chi connectivity index (χ4v) is 3.27. The molecule has 24 heavy (non-hydrogen) atoms. The summed E-state index contributed by atoms with van der Waals surface area (Å²) in [7, 11) is 0. The predicted octanol–water partition coefficient (Wildman–Crippen LogP) is 4.67. The molecule has 2 rings (SSSR count). The van der Waals surface area contributed by atoms with Crippen molar-refractivity contribution in [3.8, 4) is 5.75 Å². The third kappa shape index (κ3) is 5.39. The molecule has 0 aliphatic rings. The maximum absolute atomic E-state index is 12.3. The molecule has 0 saturated carbocycles. The maximum atomic E-state index is 12.3. The van der Waals surface area contributed by atoms with Crippen molar-refractivity contribution >= 4 is 39.4 Å². The van der Waals surface area contributed by atoms with Crippen LogP contribution in [0.4, 0.5) is 0 Å². The Labute approximate surface area is 153 Å². The number of hydrogen-bond acceptors (Lipinski definition) is 4. The molecule has 0 saturated heterocycles. The van der Waals surface area contributed by atoms with E-state index in [2.05, 4.69) is 15.9 Å². The summed E-state index contributed by atoms with van der Waals surface area (Å²) in [4.78, 5) is 24.6. The molecule has 0 fully saturated rings. The summed E-state index contributed by atoms with van der Waals surface area (Å²) in [5.74, 6) is -0.509. The van der Waals surface area contributed by atoms with Crippen LogP contribution >= 0.6 is 27.7 Å². The predicted molar refractivity (Wildman–Crippen MR) is 98.0 cm³/mol. The minimum absolute atomic E-state index is 0.0654. The average Bonchev–Trinajstić information content (AvgIpc) is 2.57. The van der Waals surface area contributed by atoms with Crippen molar-refractivity contribution in [3.63, 3.8) is 0 Å². The van der Waals surface area contributed by atoms with E-state index in [0.717, 1.165) is 9.37 Å². The molecule has 0 aliphatic heterocycles. The standard InChI is InChI=1S/C18H17BrO4S/c1-2-23-14-7-3-12(4-8-14)16(20)11-17(18(21)22)24-15-9-5-13(19)6-10-15/h3-10,17H,2,11H2,1H3,(H,21,22)/t17-/m1/s1. The number of rotatable bonds is 8. The monoisotopic (exact) mass is 408 g/mol. The van der Waals surface area contributed by atoms with E-state index in [9.17, 15) is 14.7 Å². The van der Waals surface area contributed by atoms with Gasteiger partial charge in [0.25, 0.3) is 0 Å². The van der Waals surface area contributed by atoms with Crippen molar-refractivity contribution in [1.29, 1.82) is 0 Å². The molecule has 2 aromatic rings. The highest BCUT2D eigenvalue weighted by atomic mass is 79.9. The van der Waals surface area contributed by atoms with Gasteiger partial charge in [0.2, 0.25) is 0 Å². The van der Waals surface area contributed by atoms with E-state index in [4.69, 9.17) is 4.74 Å². The van der Waals surface area contributed by atoms with E-state index in [0.29, 0.717) is 17.9 Å². The zero-order chi connectivity index (χ0) is 17.5. The van der Waals surface area contributed by atoms with E-state index in [-0.39, 0.29) is 12.2 Å². The minimum Gasteiger partial charge on any atom is -0.494 e. The van der Waals surface area contributed by atoms with Crippen LogP contribution < -0.4 is 4.74 Å². The Balaban J connectivity index is 2.05. The van der Waals surface area contributed by atoms with Crippen LogP contribution in [0.25, 0.3) is 0 Å². The van der Waals surface area contributed by atoms with Gasteiger partial charge in [-0.2, -0.15) is 0 Å². The number of thioether (sulfide) groups is 1. The molecule has 6 heteroatoms. The van der Waals surface area contributed by atoms with Crippen molar-refractivity contribution < 1.29 is 19.4 Å². The molecule has 1 atom stereocenters. The summed E-state index contributed by atoms with van der Waals surface area (Å²) in [5.41, 5.74) is 0.487. The first-order valence-corrected chi connectivity index (χ1v) is 9.08. The van der Waals surface area contributed by atoms with Crippen molar-refractivity contribution in [2.75, 3.05) is 6.61 Å². The lowest BCUT2D eigenvalue weighted by Crippen LogP contribution is -2.20. The van der Waals surface area contributed by atoms with Crippen LogP contribution in [0.15, 0.2) is 57.9 Å². The Morgan fingerprint density at radius 3 is 2.29 bits per heavy atom. The van der Waals surface area contributed by atoms with Gasteiger partial charge in [0.15, 0.2) is 5.78 Å². The van der Waals surface area contributed by atoms with Gasteiger partial charge in [0, 0.05) is 21.4 Å². The fourth-order valence-electron chi connectivity index (χ4n) is 2.05. The summed E-state index contributed by atoms with van der Waals surface area (Å²) in [6.45, 7) is 2.44. The van der Waals surface area contributed by atoms with E-state index in [1.807, 2.05) is 31.2 Å². The Hall–Kier alpha value is -1.79. The van der Waals surface area contributed by atoms with Crippen LogP contribution in [-0.4, -0.2) is 28.7 Å². The zero-order valence-electron chi connectivity index (χ0n) is 13.1. The number of ketones is 1. The van der Waals surface area contributed by atoms with Gasteiger partial charge in [-0.25, -0.2) is 0 Å². The normalized spacial score (nSPS) is 11.8. The van der Waals surface area contributed by atoms with Gasteiger partial charge in [-0.3, -0.25) is 9.59 Å². The molecule has 0 aliphatic carbocycles. The number of carbonyl (C=O) groups excluding carboxylic acids is 1. The summed E-state index contributed by atoms with van der Waals surface area (Å²) >= 11 is 4.51. The average molecular weight is 409 g/mol. The summed E-state index contributed by atoms with van der Waals surface area (Å²) in [5, 5.41) is 8.57. The third-order valence-electron chi connectivity index (χ3n) is 3.23. The molecule has 0 unspecified atom stereocenters. The Bertz CT molecular complexity index is 698. The first-order valence-electron chi connectivity index (χ1n) is 7.40. The highest BCUT2D eigenvalue weighted by molar-refractivity contribution is 9.10. The lowest BCUT2D eigenvalue weighted by Gasteiger charge is -2.12. The Morgan fingerprint density at radius 2 is 1.75 bits per heavy atom. The number of carboxylic acids is 1. The van der Waals surface area contributed by atoms with Crippen LogP contribution in [0, 0.1) is 0 Å². The van der Waals surface area contributed by atoms with E-state index < -0.39 is 11.2 Å². The van der Waals surface area contributed by atoms with Crippen molar-refractivity contribution in [1.82, 2.24) is 0 Å². The number of aliphatic carboxylic acids is 1. The second-order valence-electron chi connectivity index (χ2n) is 4.98. The molecule has 1 N–H and O–H groups in total. The van der Waals surface area contributed by atoms with Crippen LogP contribution in [0.5, 0.6) is 5.75 Å². The van der Waals surface area contributed by atoms with Crippen molar-refractivity contribution in [2.24, 2.45) is 0 Å². The maximum Gasteiger partial charge on any atom is 0.317 e. The number of carboxylic acid groups (broad SMARTS) is 1. The van der Waals surface area contributed by atoms with Gasteiger partial charge in [0.1, 0.15) is 11.0 Å². The van der Waals surface area contributed by atoms with Gasteiger partial charge in [-0.1, -0.05) is 15.9 Å².